The van der Waals surface area contributed by atoms with E-state index in [0.29, 0.717) is 48.5 Å². The van der Waals surface area contributed by atoms with Gasteiger partial charge in [-0.15, -0.1) is 11.3 Å². The largest absolute Gasteiger partial charge is 0.350 e. The molecule has 11 heteroatoms. The van der Waals surface area contributed by atoms with E-state index in [1.165, 1.54) is 24.2 Å². The number of aromatic amines is 1. The number of nitrogens with zero attached hydrogens (tertiary/aromatic N) is 4. The number of thiazole rings is 1. The molecule has 1 fully saturated rings. The third-order valence-electron chi connectivity index (χ3n) is 5.76. The van der Waals surface area contributed by atoms with Crippen molar-refractivity contribution in [1.82, 2.24) is 30.5 Å². The van der Waals surface area contributed by atoms with Gasteiger partial charge in [0.25, 0.3) is 5.91 Å². The van der Waals surface area contributed by atoms with Gasteiger partial charge in [-0.05, 0) is 50.7 Å². The lowest BCUT2D eigenvalue weighted by Gasteiger charge is -2.10. The fraction of sp³-hybridized carbons (Fsp3) is 0.375. The number of aromatic nitrogens is 5. The summed E-state index contributed by atoms with van der Waals surface area (Å²) in [4.78, 5) is 25.8. The molecule has 3 aromatic rings. The first-order valence-electron chi connectivity index (χ1n) is 11.7. The molecular formula is C24H27FN8OS. The van der Waals surface area contributed by atoms with Gasteiger partial charge in [0.2, 0.25) is 5.95 Å². The van der Waals surface area contributed by atoms with E-state index >= 15 is 0 Å². The minimum Gasteiger partial charge on any atom is -0.350 e. The summed E-state index contributed by atoms with van der Waals surface area (Å²) in [6.07, 6.45) is 7.91. The van der Waals surface area contributed by atoms with Crippen LogP contribution in [-0.2, 0) is 6.54 Å². The number of aryl methyl sites for hydroxylation is 1. The van der Waals surface area contributed by atoms with Crippen molar-refractivity contribution in [2.24, 2.45) is 0 Å². The number of allylic oxidation sites excluding steroid dienone is 3. The average molecular weight is 495 g/mol. The Kier molecular flexibility index (Phi) is 6.84. The highest BCUT2D eigenvalue weighted by molar-refractivity contribution is 7.09. The molecule has 5 rings (SSSR count). The van der Waals surface area contributed by atoms with Crippen LogP contribution >= 0.6 is 11.3 Å². The molecule has 4 N–H and O–H groups in total. The van der Waals surface area contributed by atoms with E-state index in [2.05, 4.69) is 41.1 Å². The minimum atomic E-state index is -0.267. The summed E-state index contributed by atoms with van der Waals surface area (Å²) in [7, 11) is 0. The molecule has 9 nitrogen and oxygen atoms in total. The molecule has 0 aliphatic heterocycles. The summed E-state index contributed by atoms with van der Waals surface area (Å²) < 4.78 is 13.8. The van der Waals surface area contributed by atoms with Crippen molar-refractivity contribution in [3.8, 4) is 0 Å². The number of carbonyl (C=O) groups is 1. The molecular weight excluding hydrogens is 467 g/mol. The van der Waals surface area contributed by atoms with Crippen LogP contribution in [0.15, 0.2) is 41.1 Å². The highest BCUT2D eigenvalue weighted by Crippen LogP contribution is 2.39. The molecule has 2 aliphatic rings. The zero-order valence-electron chi connectivity index (χ0n) is 19.4. The number of anilines is 3. The van der Waals surface area contributed by atoms with Crippen molar-refractivity contribution in [3.63, 3.8) is 0 Å². The summed E-state index contributed by atoms with van der Waals surface area (Å²) in [5, 5.41) is 19.0. The Bertz CT molecular complexity index is 1280. The van der Waals surface area contributed by atoms with Crippen LogP contribution in [0.25, 0.3) is 0 Å². The number of rotatable bonds is 10. The van der Waals surface area contributed by atoms with Gasteiger partial charge in [-0.1, -0.05) is 6.08 Å². The van der Waals surface area contributed by atoms with Gasteiger partial charge in [-0.25, -0.2) is 14.4 Å². The van der Waals surface area contributed by atoms with Gasteiger partial charge >= 0.3 is 0 Å². The normalized spacial score (nSPS) is 15.4. The van der Waals surface area contributed by atoms with E-state index in [1.807, 2.05) is 25.1 Å². The van der Waals surface area contributed by atoms with Gasteiger partial charge in [0, 0.05) is 35.7 Å². The van der Waals surface area contributed by atoms with Crippen molar-refractivity contribution >= 4 is 34.8 Å². The SMILES string of the molecule is Cc1cc(Nc2cc(C3CC3)n[nH]2)nc(NCc2nc(C(=O)NCCC3=CCCC=C3F)cs2)n1. The molecule has 0 atom stereocenters. The molecule has 0 unspecified atom stereocenters. The van der Waals surface area contributed by atoms with Crippen LogP contribution in [0, 0.1) is 6.92 Å². The Morgan fingerprint density at radius 3 is 2.89 bits per heavy atom. The molecule has 0 aromatic carbocycles. The van der Waals surface area contributed by atoms with E-state index in [-0.39, 0.29) is 11.7 Å². The Balaban J connectivity index is 1.13. The van der Waals surface area contributed by atoms with Crippen molar-refractivity contribution in [3.05, 3.63) is 63.2 Å². The molecule has 3 heterocycles. The Labute approximate surface area is 206 Å². The van der Waals surface area contributed by atoms with Crippen LogP contribution in [0.5, 0.6) is 0 Å². The molecule has 0 saturated heterocycles. The maximum atomic E-state index is 13.8. The predicted octanol–water partition coefficient (Wildman–Crippen LogP) is 4.89. The molecule has 182 valence electrons. The van der Waals surface area contributed by atoms with Crippen LogP contribution in [-0.4, -0.2) is 37.6 Å². The van der Waals surface area contributed by atoms with E-state index in [1.54, 1.807) is 11.5 Å². The van der Waals surface area contributed by atoms with Crippen molar-refractivity contribution in [2.45, 2.75) is 51.5 Å². The van der Waals surface area contributed by atoms with Gasteiger partial charge in [0.1, 0.15) is 28.2 Å². The number of carbonyl (C=O) groups excluding carboxylic acids is 1. The van der Waals surface area contributed by atoms with E-state index in [9.17, 15) is 9.18 Å². The molecule has 0 bridgehead atoms. The minimum absolute atomic E-state index is 0.184. The third kappa shape index (κ3) is 6.10. The number of halogens is 1. The monoisotopic (exact) mass is 494 g/mol. The number of H-pyrrole nitrogens is 1. The van der Waals surface area contributed by atoms with Gasteiger partial charge < -0.3 is 16.0 Å². The lowest BCUT2D eigenvalue weighted by molar-refractivity contribution is 0.0949. The van der Waals surface area contributed by atoms with Gasteiger partial charge in [-0.3, -0.25) is 9.89 Å². The van der Waals surface area contributed by atoms with Crippen LogP contribution in [0.4, 0.5) is 22.0 Å². The lowest BCUT2D eigenvalue weighted by Crippen LogP contribution is -2.25. The molecule has 2 aliphatic carbocycles. The molecule has 1 amide bonds. The summed E-state index contributed by atoms with van der Waals surface area (Å²) in [6, 6.07) is 3.88. The zero-order chi connectivity index (χ0) is 24.2. The number of nitrogens with one attached hydrogen (secondary N) is 4. The zero-order valence-corrected chi connectivity index (χ0v) is 20.2. The first kappa shape index (κ1) is 23.2. The van der Waals surface area contributed by atoms with Crippen molar-refractivity contribution in [1.29, 1.82) is 0 Å². The molecule has 35 heavy (non-hydrogen) atoms. The first-order chi connectivity index (χ1) is 17.0. The smallest absolute Gasteiger partial charge is 0.270 e. The second-order valence-electron chi connectivity index (χ2n) is 8.67. The van der Waals surface area contributed by atoms with E-state index in [4.69, 9.17) is 0 Å². The summed E-state index contributed by atoms with van der Waals surface area (Å²) in [5.74, 6) is 2.04. The number of hydrogen-bond acceptors (Lipinski definition) is 8. The third-order valence-corrected chi connectivity index (χ3v) is 6.61. The van der Waals surface area contributed by atoms with E-state index in [0.717, 1.165) is 35.1 Å². The van der Waals surface area contributed by atoms with Gasteiger partial charge in [0.05, 0.1) is 12.2 Å². The van der Waals surface area contributed by atoms with Gasteiger partial charge in [0.15, 0.2) is 0 Å². The van der Waals surface area contributed by atoms with Crippen LogP contribution in [0.3, 0.4) is 0 Å². The Morgan fingerprint density at radius 2 is 2.06 bits per heavy atom. The van der Waals surface area contributed by atoms with E-state index < -0.39 is 0 Å². The lowest BCUT2D eigenvalue weighted by atomic mass is 10.0. The van der Waals surface area contributed by atoms with Crippen LogP contribution < -0.4 is 16.0 Å². The van der Waals surface area contributed by atoms with Crippen molar-refractivity contribution in [2.75, 3.05) is 17.2 Å². The molecule has 3 aromatic heterocycles. The van der Waals surface area contributed by atoms with Gasteiger partial charge in [-0.2, -0.15) is 10.1 Å². The number of amides is 1. The topological polar surface area (TPSA) is 121 Å². The summed E-state index contributed by atoms with van der Waals surface area (Å²) >= 11 is 1.38. The second kappa shape index (κ2) is 10.3. The highest BCUT2D eigenvalue weighted by Gasteiger charge is 2.26. The summed E-state index contributed by atoms with van der Waals surface area (Å²) in [5.41, 5.74) is 2.89. The Morgan fingerprint density at radius 1 is 1.20 bits per heavy atom. The fourth-order valence-corrected chi connectivity index (χ4v) is 4.52. The van der Waals surface area contributed by atoms with Crippen molar-refractivity contribution < 1.29 is 9.18 Å². The number of hydrogen-bond donors (Lipinski definition) is 4. The highest BCUT2D eigenvalue weighted by atomic mass is 32.1. The standard InChI is InChI=1S/C24H27FN8OS/c1-14-10-20(30-21-11-18(32-33-21)16-6-7-16)31-24(28-14)27-12-22-29-19(13-35-22)23(34)26-9-8-15-4-2-3-5-17(15)25/h4-5,10-11,13,16H,2-3,6-9,12H2,1H3,(H,26,34)(H3,27,28,30,31,32,33). The summed E-state index contributed by atoms with van der Waals surface area (Å²) in [6.45, 7) is 2.65. The Hall–Kier alpha value is -3.60. The molecule has 0 radical (unpaired) electrons. The van der Waals surface area contributed by atoms with Crippen LogP contribution in [0.1, 0.15) is 64.9 Å². The predicted molar refractivity (Wildman–Crippen MR) is 134 cm³/mol. The first-order valence-corrected chi connectivity index (χ1v) is 12.6. The maximum absolute atomic E-state index is 13.8. The molecule has 1 saturated carbocycles. The average Bonchev–Trinajstić information content (AvgIpc) is 3.39. The molecule has 0 spiro atoms. The maximum Gasteiger partial charge on any atom is 0.270 e. The van der Waals surface area contributed by atoms with Crippen LogP contribution in [0.2, 0.25) is 0 Å². The fourth-order valence-electron chi connectivity index (χ4n) is 3.81. The quantitative estimate of drug-likeness (QED) is 0.317. The second-order valence-corrected chi connectivity index (χ2v) is 9.61.